The van der Waals surface area contributed by atoms with Gasteiger partial charge in [0.05, 0.1) is 45.2 Å². The number of hydrogen-bond acceptors (Lipinski definition) is 6. The molecule has 224 valence electrons. The van der Waals surface area contributed by atoms with Gasteiger partial charge >= 0.3 is 0 Å². The number of carbonyl (C=O) groups excluding carboxylic acids is 4. The Balaban J connectivity index is 1.39. The number of rotatable bonds is 4. The van der Waals surface area contributed by atoms with E-state index in [1.165, 1.54) is 16.9 Å². The molecular formula is C34H28I2N2O6. The van der Waals surface area contributed by atoms with Crippen LogP contribution in [0.25, 0.3) is 0 Å². The monoisotopic (exact) mass is 814 g/mol. The second kappa shape index (κ2) is 10.7. The van der Waals surface area contributed by atoms with Crippen LogP contribution in [0.3, 0.4) is 0 Å². The van der Waals surface area contributed by atoms with Crippen LogP contribution < -0.4 is 14.5 Å². The smallest absolute Gasteiger partial charge is 0.241 e. The van der Waals surface area contributed by atoms with Crippen molar-refractivity contribution in [2.24, 2.45) is 29.1 Å². The van der Waals surface area contributed by atoms with Crippen LogP contribution in [0.5, 0.6) is 11.5 Å². The number of carbonyl (C=O) groups is 4. The van der Waals surface area contributed by atoms with Gasteiger partial charge in [-0.25, -0.2) is 4.90 Å². The van der Waals surface area contributed by atoms with Crippen molar-refractivity contribution in [3.8, 4) is 11.5 Å². The van der Waals surface area contributed by atoms with E-state index in [2.05, 4.69) is 22.6 Å². The van der Waals surface area contributed by atoms with Crippen molar-refractivity contribution in [1.82, 2.24) is 0 Å². The molecule has 1 saturated carbocycles. The average Bonchev–Trinajstić information content (AvgIpc) is 3.39. The summed E-state index contributed by atoms with van der Waals surface area (Å²) < 4.78 is 7.04. The molecule has 2 heterocycles. The summed E-state index contributed by atoms with van der Waals surface area (Å²) in [5.74, 6) is -3.80. The number of amides is 4. The minimum Gasteiger partial charge on any atom is -0.504 e. The molecule has 0 spiro atoms. The summed E-state index contributed by atoms with van der Waals surface area (Å²) >= 11 is 4.22. The fraction of sp³-hybridized carbons (Fsp3) is 0.294. The number of para-hydroxylation sites is 1. The first-order chi connectivity index (χ1) is 21.1. The van der Waals surface area contributed by atoms with Crippen LogP contribution in [0, 0.1) is 36.2 Å². The highest BCUT2D eigenvalue weighted by Gasteiger charge is 2.67. The standard InChI is InChI=1S/C34H28I2N2O6/c1-34-24(31(41)38(33(34)43)19-6-4-3-5-7-19)16-23-21(28(34)17-14-25(36)29(39)26(15-17)44-2)12-13-22-27(23)32(42)37(30(22)40)20-10-8-18(35)9-11-20/h3-12,14-15,22-24,27-28,39H,13,16H2,1-2H3. The van der Waals surface area contributed by atoms with Crippen LogP contribution in [-0.2, 0) is 19.2 Å². The number of phenols is 1. The van der Waals surface area contributed by atoms with Crippen LogP contribution in [0.1, 0.15) is 31.2 Å². The van der Waals surface area contributed by atoms with Gasteiger partial charge in [-0.1, -0.05) is 29.8 Å². The van der Waals surface area contributed by atoms with Crippen LogP contribution in [0.4, 0.5) is 11.4 Å². The van der Waals surface area contributed by atoms with Gasteiger partial charge in [0.1, 0.15) is 0 Å². The van der Waals surface area contributed by atoms with Gasteiger partial charge in [0.2, 0.25) is 23.6 Å². The Bertz CT molecular complexity index is 1770. The molecule has 2 aliphatic carbocycles. The predicted octanol–water partition coefficient (Wildman–Crippen LogP) is 6.05. The lowest BCUT2D eigenvalue weighted by Crippen LogP contribution is -2.48. The fourth-order valence-electron chi connectivity index (χ4n) is 7.98. The molecule has 3 aromatic rings. The zero-order valence-electron chi connectivity index (χ0n) is 23.9. The number of halogens is 2. The Morgan fingerprint density at radius 3 is 2.23 bits per heavy atom. The van der Waals surface area contributed by atoms with E-state index in [9.17, 15) is 24.3 Å². The van der Waals surface area contributed by atoms with Gasteiger partial charge in [-0.15, -0.1) is 0 Å². The number of phenolic OH excluding ortho intramolecular Hbond substituents is 1. The Morgan fingerprint density at radius 2 is 1.55 bits per heavy atom. The Kier molecular flexibility index (Phi) is 7.15. The zero-order valence-corrected chi connectivity index (χ0v) is 28.2. The Labute approximate surface area is 281 Å². The molecule has 10 heteroatoms. The number of hydrogen-bond donors (Lipinski definition) is 1. The van der Waals surface area contributed by atoms with Crippen molar-refractivity contribution < 1.29 is 29.0 Å². The highest BCUT2D eigenvalue weighted by molar-refractivity contribution is 14.1. The van der Waals surface area contributed by atoms with Gasteiger partial charge in [-0.05, 0) is 125 Å². The summed E-state index contributed by atoms with van der Waals surface area (Å²) in [6.45, 7) is 1.85. The minimum atomic E-state index is -1.17. The normalized spacial score (nSPS) is 29.4. The predicted molar refractivity (Wildman–Crippen MR) is 180 cm³/mol. The molecule has 7 rings (SSSR count). The van der Waals surface area contributed by atoms with Crippen LogP contribution >= 0.6 is 45.2 Å². The van der Waals surface area contributed by atoms with E-state index in [4.69, 9.17) is 4.74 Å². The summed E-state index contributed by atoms with van der Waals surface area (Å²) in [6.07, 6.45) is 2.66. The van der Waals surface area contributed by atoms with E-state index in [1.54, 1.807) is 42.5 Å². The molecule has 3 aromatic carbocycles. The zero-order chi connectivity index (χ0) is 31.1. The molecule has 2 aliphatic heterocycles. The van der Waals surface area contributed by atoms with Gasteiger partial charge in [0.25, 0.3) is 0 Å². The molecule has 0 radical (unpaired) electrons. The van der Waals surface area contributed by atoms with E-state index < -0.39 is 35.0 Å². The third-order valence-corrected chi connectivity index (χ3v) is 11.5. The highest BCUT2D eigenvalue weighted by atomic mass is 127. The van der Waals surface area contributed by atoms with Crippen molar-refractivity contribution in [3.63, 3.8) is 0 Å². The van der Waals surface area contributed by atoms with E-state index >= 15 is 0 Å². The molecule has 0 aromatic heterocycles. The van der Waals surface area contributed by atoms with Crippen molar-refractivity contribution in [1.29, 1.82) is 0 Å². The van der Waals surface area contributed by atoms with Crippen molar-refractivity contribution in [2.75, 3.05) is 16.9 Å². The third kappa shape index (κ3) is 4.12. The molecule has 6 unspecified atom stereocenters. The summed E-state index contributed by atoms with van der Waals surface area (Å²) in [4.78, 5) is 59.3. The van der Waals surface area contributed by atoms with E-state index in [0.29, 0.717) is 26.9 Å². The number of methoxy groups -OCH3 is 1. The largest absolute Gasteiger partial charge is 0.504 e. The van der Waals surface area contributed by atoms with Crippen molar-refractivity contribution in [3.05, 3.63) is 91.1 Å². The molecule has 44 heavy (non-hydrogen) atoms. The second-order valence-electron chi connectivity index (χ2n) is 12.0. The lowest BCUT2D eigenvalue weighted by atomic mass is 9.51. The molecular weight excluding hydrogens is 786 g/mol. The average molecular weight is 814 g/mol. The Hall–Kier alpha value is -3.26. The molecule has 6 atom stereocenters. The minimum absolute atomic E-state index is 0.00642. The van der Waals surface area contributed by atoms with E-state index in [1.807, 2.05) is 59.9 Å². The first-order valence-corrected chi connectivity index (χ1v) is 16.6. The van der Waals surface area contributed by atoms with Crippen LogP contribution in [-0.4, -0.2) is 35.8 Å². The molecule has 8 nitrogen and oxygen atoms in total. The first-order valence-electron chi connectivity index (χ1n) is 14.4. The Morgan fingerprint density at radius 1 is 0.864 bits per heavy atom. The lowest BCUT2D eigenvalue weighted by Gasteiger charge is -2.49. The number of imide groups is 2. The molecule has 2 saturated heterocycles. The van der Waals surface area contributed by atoms with Gasteiger partial charge in [-0.3, -0.25) is 24.1 Å². The number of anilines is 2. The second-order valence-corrected chi connectivity index (χ2v) is 14.4. The van der Waals surface area contributed by atoms with Gasteiger partial charge in [-0.2, -0.15) is 0 Å². The number of allylic oxidation sites excluding steroid dienone is 2. The summed E-state index contributed by atoms with van der Waals surface area (Å²) in [5, 5.41) is 10.7. The summed E-state index contributed by atoms with van der Waals surface area (Å²) in [6, 6.07) is 19.8. The van der Waals surface area contributed by atoms with E-state index in [-0.39, 0.29) is 41.5 Å². The number of nitrogens with zero attached hydrogens (tertiary/aromatic N) is 2. The summed E-state index contributed by atoms with van der Waals surface area (Å²) in [5.41, 5.74) is 1.47. The van der Waals surface area contributed by atoms with Gasteiger partial charge < -0.3 is 9.84 Å². The molecule has 4 aliphatic rings. The first kappa shape index (κ1) is 29.5. The third-order valence-electron chi connectivity index (χ3n) is 9.98. The number of aromatic hydroxyl groups is 1. The van der Waals surface area contributed by atoms with Crippen LogP contribution in [0.2, 0.25) is 0 Å². The highest BCUT2D eigenvalue weighted by Crippen LogP contribution is 2.64. The molecule has 3 fully saturated rings. The fourth-order valence-corrected chi connectivity index (χ4v) is 8.96. The van der Waals surface area contributed by atoms with E-state index in [0.717, 1.165) is 9.14 Å². The maximum Gasteiger partial charge on any atom is 0.241 e. The van der Waals surface area contributed by atoms with Crippen molar-refractivity contribution >= 4 is 80.2 Å². The van der Waals surface area contributed by atoms with Gasteiger partial charge in [0.15, 0.2) is 11.5 Å². The SMILES string of the molecule is COc1cc(C2C3=CCC4C(=O)N(c5ccc(I)cc5)C(=O)C4C3CC3C(=O)N(c4ccccc4)C(=O)C32C)cc(I)c1O. The summed E-state index contributed by atoms with van der Waals surface area (Å²) in [7, 11) is 1.47. The lowest BCUT2D eigenvalue weighted by molar-refractivity contribution is -0.131. The maximum absolute atomic E-state index is 14.5. The topological polar surface area (TPSA) is 104 Å². The van der Waals surface area contributed by atoms with Crippen LogP contribution in [0.15, 0.2) is 78.4 Å². The number of ether oxygens (including phenoxy) is 1. The quantitative estimate of drug-likeness (QED) is 0.196. The molecule has 0 bridgehead atoms. The molecule has 1 N–H and O–H groups in total. The number of benzene rings is 3. The van der Waals surface area contributed by atoms with Gasteiger partial charge in [0, 0.05) is 9.49 Å². The molecule has 4 amide bonds. The maximum atomic E-state index is 14.5. The van der Waals surface area contributed by atoms with Crippen molar-refractivity contribution in [2.45, 2.75) is 25.7 Å². The number of fused-ring (bicyclic) bond motifs is 4.